The molecule has 1 aliphatic heterocycles. The molecule has 1 aromatic heterocycles. The first kappa shape index (κ1) is 14.3. The van der Waals surface area contributed by atoms with Crippen molar-refractivity contribution in [3.63, 3.8) is 0 Å². The molecule has 1 fully saturated rings. The SMILES string of the molecule is CCC1CCN(c2ncccc2CNCCOC)C1. The molecule has 4 nitrogen and oxygen atoms in total. The zero-order valence-corrected chi connectivity index (χ0v) is 12.1. The molecule has 1 aliphatic rings. The molecule has 0 bridgehead atoms. The fourth-order valence-corrected chi connectivity index (χ4v) is 2.61. The minimum Gasteiger partial charge on any atom is -0.383 e. The van der Waals surface area contributed by atoms with Gasteiger partial charge in [0.1, 0.15) is 5.82 Å². The molecule has 0 spiro atoms. The standard InChI is InChI=1S/C15H25N3O/c1-3-13-6-9-18(12-13)15-14(5-4-7-17-15)11-16-8-10-19-2/h4-5,7,13,16H,3,6,8-12H2,1-2H3. The van der Waals surface area contributed by atoms with Gasteiger partial charge >= 0.3 is 0 Å². The Kier molecular flexibility index (Phi) is 5.61. The fourth-order valence-electron chi connectivity index (χ4n) is 2.61. The van der Waals surface area contributed by atoms with E-state index in [-0.39, 0.29) is 0 Å². The second kappa shape index (κ2) is 7.46. The first-order valence-corrected chi connectivity index (χ1v) is 7.23. The number of pyridine rings is 1. The lowest BCUT2D eigenvalue weighted by Gasteiger charge is -2.20. The number of nitrogens with one attached hydrogen (secondary N) is 1. The molecule has 0 aliphatic carbocycles. The third kappa shape index (κ3) is 3.91. The molecule has 1 aromatic rings. The van der Waals surface area contributed by atoms with Gasteiger partial charge in [-0.3, -0.25) is 0 Å². The molecule has 2 rings (SSSR count). The second-order valence-corrected chi connectivity index (χ2v) is 5.16. The van der Waals surface area contributed by atoms with Crippen LogP contribution in [0.5, 0.6) is 0 Å². The summed E-state index contributed by atoms with van der Waals surface area (Å²) in [6.45, 7) is 7.05. The second-order valence-electron chi connectivity index (χ2n) is 5.16. The van der Waals surface area contributed by atoms with Crippen LogP contribution in [0.1, 0.15) is 25.3 Å². The number of hydrogen-bond acceptors (Lipinski definition) is 4. The summed E-state index contributed by atoms with van der Waals surface area (Å²) >= 11 is 0. The Morgan fingerprint density at radius 1 is 1.53 bits per heavy atom. The topological polar surface area (TPSA) is 37.4 Å². The number of methoxy groups -OCH3 is 1. The number of ether oxygens (including phenoxy) is 1. The molecular weight excluding hydrogens is 238 g/mol. The molecule has 1 saturated heterocycles. The predicted octanol–water partition coefficient (Wildman–Crippen LogP) is 2.05. The zero-order valence-electron chi connectivity index (χ0n) is 12.1. The van der Waals surface area contributed by atoms with Gasteiger partial charge in [0.25, 0.3) is 0 Å². The van der Waals surface area contributed by atoms with Crippen LogP contribution in [-0.2, 0) is 11.3 Å². The monoisotopic (exact) mass is 263 g/mol. The number of aromatic nitrogens is 1. The van der Waals surface area contributed by atoms with E-state index in [2.05, 4.69) is 28.2 Å². The summed E-state index contributed by atoms with van der Waals surface area (Å²) in [5.74, 6) is 1.99. The van der Waals surface area contributed by atoms with Gasteiger partial charge in [0.15, 0.2) is 0 Å². The fraction of sp³-hybridized carbons (Fsp3) is 0.667. The van der Waals surface area contributed by atoms with E-state index in [1.54, 1.807) is 7.11 Å². The average molecular weight is 263 g/mol. The van der Waals surface area contributed by atoms with E-state index in [0.29, 0.717) is 0 Å². The van der Waals surface area contributed by atoms with Crippen LogP contribution < -0.4 is 10.2 Å². The maximum Gasteiger partial charge on any atom is 0.133 e. The molecule has 1 N–H and O–H groups in total. The van der Waals surface area contributed by atoms with Crippen molar-refractivity contribution in [3.05, 3.63) is 23.9 Å². The lowest BCUT2D eigenvalue weighted by atomic mass is 10.1. The smallest absolute Gasteiger partial charge is 0.133 e. The Bertz CT molecular complexity index is 383. The van der Waals surface area contributed by atoms with Crippen molar-refractivity contribution in [2.24, 2.45) is 5.92 Å². The molecular formula is C15H25N3O. The molecule has 0 radical (unpaired) electrons. The highest BCUT2D eigenvalue weighted by atomic mass is 16.5. The summed E-state index contributed by atoms with van der Waals surface area (Å²) in [5, 5.41) is 3.40. The quantitative estimate of drug-likeness (QED) is 0.764. The van der Waals surface area contributed by atoms with E-state index in [4.69, 9.17) is 4.74 Å². The van der Waals surface area contributed by atoms with Gasteiger partial charge in [-0.05, 0) is 18.4 Å². The van der Waals surface area contributed by atoms with E-state index >= 15 is 0 Å². The average Bonchev–Trinajstić information content (AvgIpc) is 2.93. The van der Waals surface area contributed by atoms with Gasteiger partial charge in [-0.2, -0.15) is 0 Å². The Balaban J connectivity index is 1.96. The molecule has 1 atom stereocenters. The summed E-state index contributed by atoms with van der Waals surface area (Å²) in [6, 6.07) is 4.19. The molecule has 1 unspecified atom stereocenters. The van der Waals surface area contributed by atoms with E-state index in [1.807, 2.05) is 12.3 Å². The first-order chi connectivity index (χ1) is 9.35. The van der Waals surface area contributed by atoms with Gasteiger partial charge in [-0.1, -0.05) is 19.4 Å². The van der Waals surface area contributed by atoms with Crippen LogP contribution in [0.25, 0.3) is 0 Å². The van der Waals surface area contributed by atoms with E-state index in [0.717, 1.165) is 44.5 Å². The van der Waals surface area contributed by atoms with Crippen molar-refractivity contribution in [1.29, 1.82) is 0 Å². The first-order valence-electron chi connectivity index (χ1n) is 7.23. The van der Waals surface area contributed by atoms with Crippen molar-refractivity contribution >= 4 is 5.82 Å². The van der Waals surface area contributed by atoms with Crippen molar-refractivity contribution in [3.8, 4) is 0 Å². The highest BCUT2D eigenvalue weighted by Crippen LogP contribution is 2.26. The predicted molar refractivity (Wildman–Crippen MR) is 78.4 cm³/mol. The van der Waals surface area contributed by atoms with Crippen LogP contribution in [0.4, 0.5) is 5.82 Å². The van der Waals surface area contributed by atoms with Gasteiger partial charge in [0.2, 0.25) is 0 Å². The Morgan fingerprint density at radius 3 is 3.16 bits per heavy atom. The van der Waals surface area contributed by atoms with Gasteiger partial charge in [0, 0.05) is 45.0 Å². The minimum absolute atomic E-state index is 0.747. The van der Waals surface area contributed by atoms with E-state index in [1.165, 1.54) is 18.4 Å². The number of nitrogens with zero attached hydrogens (tertiary/aromatic N) is 2. The van der Waals surface area contributed by atoms with Gasteiger partial charge < -0.3 is 15.0 Å². The number of rotatable bonds is 7. The molecule has 0 saturated carbocycles. The lowest BCUT2D eigenvalue weighted by molar-refractivity contribution is 0.199. The Hall–Kier alpha value is -1.13. The summed E-state index contributed by atoms with van der Waals surface area (Å²) in [4.78, 5) is 7.02. The Labute approximate surface area is 116 Å². The summed E-state index contributed by atoms with van der Waals surface area (Å²) in [5.41, 5.74) is 1.29. The van der Waals surface area contributed by atoms with Crippen LogP contribution in [0.3, 0.4) is 0 Å². The molecule has 106 valence electrons. The normalized spacial score (nSPS) is 19.1. The Morgan fingerprint density at radius 2 is 2.42 bits per heavy atom. The van der Waals surface area contributed by atoms with E-state index < -0.39 is 0 Å². The van der Waals surface area contributed by atoms with Crippen molar-refractivity contribution < 1.29 is 4.74 Å². The summed E-state index contributed by atoms with van der Waals surface area (Å²) < 4.78 is 5.05. The van der Waals surface area contributed by atoms with Crippen LogP contribution in [0.15, 0.2) is 18.3 Å². The van der Waals surface area contributed by atoms with E-state index in [9.17, 15) is 0 Å². The molecule has 2 heterocycles. The zero-order chi connectivity index (χ0) is 13.5. The van der Waals surface area contributed by atoms with Crippen molar-refractivity contribution in [1.82, 2.24) is 10.3 Å². The lowest BCUT2D eigenvalue weighted by Crippen LogP contribution is -2.25. The van der Waals surface area contributed by atoms with Crippen molar-refractivity contribution in [2.45, 2.75) is 26.3 Å². The van der Waals surface area contributed by atoms with Crippen LogP contribution in [0, 0.1) is 5.92 Å². The van der Waals surface area contributed by atoms with Gasteiger partial charge in [-0.15, -0.1) is 0 Å². The maximum absolute atomic E-state index is 5.05. The largest absolute Gasteiger partial charge is 0.383 e. The highest BCUT2D eigenvalue weighted by Gasteiger charge is 2.23. The number of anilines is 1. The summed E-state index contributed by atoms with van der Waals surface area (Å²) in [6.07, 6.45) is 4.46. The van der Waals surface area contributed by atoms with Crippen LogP contribution in [-0.4, -0.2) is 38.3 Å². The van der Waals surface area contributed by atoms with Crippen LogP contribution in [0.2, 0.25) is 0 Å². The number of hydrogen-bond donors (Lipinski definition) is 1. The van der Waals surface area contributed by atoms with Crippen LogP contribution >= 0.6 is 0 Å². The minimum atomic E-state index is 0.747. The third-order valence-corrected chi connectivity index (χ3v) is 3.83. The highest BCUT2D eigenvalue weighted by molar-refractivity contribution is 5.47. The molecule has 4 heteroatoms. The molecule has 0 aromatic carbocycles. The van der Waals surface area contributed by atoms with Crippen molar-refractivity contribution in [2.75, 3.05) is 38.3 Å². The molecule has 0 amide bonds. The third-order valence-electron chi connectivity index (χ3n) is 3.83. The van der Waals surface area contributed by atoms with Gasteiger partial charge in [0.05, 0.1) is 6.61 Å². The summed E-state index contributed by atoms with van der Waals surface area (Å²) in [7, 11) is 1.73. The maximum atomic E-state index is 5.05. The van der Waals surface area contributed by atoms with Gasteiger partial charge in [-0.25, -0.2) is 4.98 Å². The molecule has 19 heavy (non-hydrogen) atoms.